The minimum atomic E-state index is -1.13. The first-order chi connectivity index (χ1) is 12.5. The molecule has 0 aromatic heterocycles. The van der Waals surface area contributed by atoms with E-state index in [0.717, 1.165) is 4.90 Å². The molecule has 1 heterocycles. The Morgan fingerprint density at radius 1 is 1.08 bits per heavy atom. The van der Waals surface area contributed by atoms with Crippen molar-refractivity contribution in [2.24, 2.45) is 0 Å². The average molecular weight is 352 g/mol. The van der Waals surface area contributed by atoms with Crippen molar-refractivity contribution >= 4 is 17.7 Å². The third kappa shape index (κ3) is 2.94. The van der Waals surface area contributed by atoms with E-state index in [0.29, 0.717) is 23.3 Å². The van der Waals surface area contributed by atoms with Gasteiger partial charge in [0.2, 0.25) is 0 Å². The molecule has 1 fully saturated rings. The summed E-state index contributed by atoms with van der Waals surface area (Å²) >= 11 is 0. The van der Waals surface area contributed by atoms with Crippen LogP contribution in [0.1, 0.15) is 29.3 Å². The SMILES string of the molecule is CC[C@@]1(c2ccccc2)NC(=O)N(CC(=O)c2ccc(OC)cc2)C1=O. The van der Waals surface area contributed by atoms with Crippen LogP contribution in [-0.2, 0) is 10.3 Å². The van der Waals surface area contributed by atoms with Crippen molar-refractivity contribution < 1.29 is 19.1 Å². The largest absolute Gasteiger partial charge is 0.497 e. The number of carbonyl (C=O) groups excluding carboxylic acids is 3. The fourth-order valence-corrected chi connectivity index (χ4v) is 3.14. The summed E-state index contributed by atoms with van der Waals surface area (Å²) < 4.78 is 5.07. The lowest BCUT2D eigenvalue weighted by Gasteiger charge is -2.25. The smallest absolute Gasteiger partial charge is 0.325 e. The van der Waals surface area contributed by atoms with E-state index < -0.39 is 17.5 Å². The van der Waals surface area contributed by atoms with Gasteiger partial charge in [-0.05, 0) is 36.2 Å². The molecule has 6 heteroatoms. The lowest BCUT2D eigenvalue weighted by Crippen LogP contribution is -2.43. The summed E-state index contributed by atoms with van der Waals surface area (Å²) in [4.78, 5) is 38.9. The molecule has 0 radical (unpaired) electrons. The minimum absolute atomic E-state index is 0.300. The van der Waals surface area contributed by atoms with Crippen LogP contribution in [0.25, 0.3) is 0 Å². The van der Waals surface area contributed by atoms with Gasteiger partial charge in [-0.2, -0.15) is 0 Å². The Morgan fingerprint density at radius 3 is 2.31 bits per heavy atom. The fourth-order valence-electron chi connectivity index (χ4n) is 3.14. The maximum Gasteiger partial charge on any atom is 0.325 e. The normalized spacial score (nSPS) is 19.4. The number of imide groups is 1. The molecular weight excluding hydrogens is 332 g/mol. The summed E-state index contributed by atoms with van der Waals surface area (Å²) in [5, 5.41) is 2.77. The van der Waals surface area contributed by atoms with Gasteiger partial charge in [0.1, 0.15) is 11.3 Å². The van der Waals surface area contributed by atoms with Gasteiger partial charge in [-0.25, -0.2) is 4.79 Å². The summed E-state index contributed by atoms with van der Waals surface area (Å²) in [5.74, 6) is -0.0835. The van der Waals surface area contributed by atoms with Gasteiger partial charge in [-0.1, -0.05) is 37.3 Å². The molecule has 0 bridgehead atoms. The van der Waals surface area contributed by atoms with E-state index in [9.17, 15) is 14.4 Å². The highest BCUT2D eigenvalue weighted by atomic mass is 16.5. The van der Waals surface area contributed by atoms with Crippen LogP contribution in [0.2, 0.25) is 0 Å². The zero-order valence-electron chi connectivity index (χ0n) is 14.7. The molecule has 1 aliphatic heterocycles. The Balaban J connectivity index is 1.83. The molecule has 0 spiro atoms. The van der Waals surface area contributed by atoms with Crippen molar-refractivity contribution in [3.8, 4) is 5.75 Å². The van der Waals surface area contributed by atoms with E-state index in [4.69, 9.17) is 4.74 Å². The first-order valence-electron chi connectivity index (χ1n) is 8.38. The molecule has 0 saturated carbocycles. The van der Waals surface area contributed by atoms with E-state index in [1.54, 1.807) is 36.4 Å². The van der Waals surface area contributed by atoms with Gasteiger partial charge in [-0.15, -0.1) is 0 Å². The predicted molar refractivity (Wildman–Crippen MR) is 96.0 cm³/mol. The molecule has 1 saturated heterocycles. The number of urea groups is 1. The van der Waals surface area contributed by atoms with Crippen molar-refractivity contribution in [2.45, 2.75) is 18.9 Å². The van der Waals surface area contributed by atoms with E-state index >= 15 is 0 Å². The fraction of sp³-hybridized carbons (Fsp3) is 0.250. The monoisotopic (exact) mass is 352 g/mol. The van der Waals surface area contributed by atoms with Gasteiger partial charge >= 0.3 is 6.03 Å². The number of nitrogens with one attached hydrogen (secondary N) is 1. The summed E-state index contributed by atoms with van der Waals surface area (Å²) in [6, 6.07) is 15.1. The van der Waals surface area contributed by atoms with E-state index in [1.807, 2.05) is 25.1 Å². The van der Waals surface area contributed by atoms with Crippen LogP contribution >= 0.6 is 0 Å². The van der Waals surface area contributed by atoms with E-state index in [2.05, 4.69) is 5.32 Å². The van der Waals surface area contributed by atoms with Gasteiger partial charge in [-0.3, -0.25) is 14.5 Å². The van der Waals surface area contributed by atoms with Crippen LogP contribution in [-0.4, -0.2) is 36.3 Å². The molecule has 1 atom stereocenters. The van der Waals surface area contributed by atoms with Crippen LogP contribution in [0.5, 0.6) is 5.75 Å². The highest BCUT2D eigenvalue weighted by molar-refractivity contribution is 6.11. The van der Waals surface area contributed by atoms with Gasteiger partial charge in [0.05, 0.1) is 13.7 Å². The highest BCUT2D eigenvalue weighted by Crippen LogP contribution is 2.32. The van der Waals surface area contributed by atoms with Crippen LogP contribution in [0.4, 0.5) is 4.79 Å². The molecule has 1 aliphatic rings. The third-order valence-electron chi connectivity index (χ3n) is 4.69. The quantitative estimate of drug-likeness (QED) is 0.641. The Labute approximate surface area is 151 Å². The standard InChI is InChI=1S/C20H20N2O4/c1-3-20(15-7-5-4-6-8-15)18(24)22(19(25)21-20)13-17(23)14-9-11-16(26-2)12-10-14/h4-12H,3,13H2,1-2H3,(H,21,25)/t20-/m0/s1. The number of Topliss-reactive ketones (excluding diaryl/α,β-unsaturated/α-hetero) is 1. The van der Waals surface area contributed by atoms with Crippen molar-refractivity contribution in [3.63, 3.8) is 0 Å². The van der Waals surface area contributed by atoms with Crippen molar-refractivity contribution in [1.29, 1.82) is 0 Å². The van der Waals surface area contributed by atoms with Crippen LogP contribution in [0.15, 0.2) is 54.6 Å². The lowest BCUT2D eigenvalue weighted by molar-refractivity contribution is -0.131. The van der Waals surface area contributed by atoms with Gasteiger partial charge in [0, 0.05) is 5.56 Å². The predicted octanol–water partition coefficient (Wildman–Crippen LogP) is 2.74. The Hall–Kier alpha value is -3.15. The zero-order valence-corrected chi connectivity index (χ0v) is 14.7. The van der Waals surface area contributed by atoms with Crippen LogP contribution in [0.3, 0.4) is 0 Å². The number of hydrogen-bond acceptors (Lipinski definition) is 4. The minimum Gasteiger partial charge on any atom is -0.497 e. The summed E-state index contributed by atoms with van der Waals surface area (Å²) in [7, 11) is 1.54. The van der Waals surface area contributed by atoms with Crippen molar-refractivity contribution in [2.75, 3.05) is 13.7 Å². The molecule has 2 aromatic carbocycles. The van der Waals surface area contributed by atoms with Gasteiger partial charge < -0.3 is 10.1 Å². The van der Waals surface area contributed by atoms with Crippen LogP contribution < -0.4 is 10.1 Å². The number of hydrogen-bond donors (Lipinski definition) is 1. The molecule has 6 nitrogen and oxygen atoms in total. The summed E-state index contributed by atoms with van der Waals surface area (Å²) in [5.41, 5.74) is -0.00113. The van der Waals surface area contributed by atoms with E-state index in [1.165, 1.54) is 7.11 Å². The molecule has 3 rings (SSSR count). The molecule has 0 unspecified atom stereocenters. The first kappa shape index (κ1) is 17.7. The van der Waals surface area contributed by atoms with Crippen LogP contribution in [0, 0.1) is 0 Å². The maximum atomic E-state index is 13.0. The molecule has 134 valence electrons. The maximum absolute atomic E-state index is 13.0. The molecule has 1 N–H and O–H groups in total. The van der Waals surface area contributed by atoms with E-state index in [-0.39, 0.29) is 12.3 Å². The van der Waals surface area contributed by atoms with Crippen molar-refractivity contribution in [1.82, 2.24) is 10.2 Å². The lowest BCUT2D eigenvalue weighted by atomic mass is 9.87. The first-order valence-corrected chi connectivity index (χ1v) is 8.38. The second-order valence-electron chi connectivity index (χ2n) is 6.10. The second-order valence-corrected chi connectivity index (χ2v) is 6.10. The number of nitrogens with zero attached hydrogens (tertiary/aromatic N) is 1. The number of ether oxygens (including phenoxy) is 1. The number of methoxy groups -OCH3 is 1. The Kier molecular flexibility index (Phi) is 4.75. The number of rotatable bonds is 6. The summed E-state index contributed by atoms with van der Waals surface area (Å²) in [6.07, 6.45) is 0.398. The molecule has 2 aromatic rings. The number of amides is 3. The number of carbonyl (C=O) groups is 3. The second kappa shape index (κ2) is 7.00. The van der Waals surface area contributed by atoms with Crippen molar-refractivity contribution in [3.05, 3.63) is 65.7 Å². The average Bonchev–Trinajstić information content (AvgIpc) is 2.93. The zero-order chi connectivity index (χ0) is 18.7. The number of ketones is 1. The Bertz CT molecular complexity index is 833. The highest BCUT2D eigenvalue weighted by Gasteiger charge is 2.51. The number of benzene rings is 2. The van der Waals surface area contributed by atoms with Gasteiger partial charge in [0.25, 0.3) is 5.91 Å². The topological polar surface area (TPSA) is 75.7 Å². The third-order valence-corrected chi connectivity index (χ3v) is 4.69. The molecule has 3 amide bonds. The Morgan fingerprint density at radius 2 is 1.73 bits per heavy atom. The molecule has 26 heavy (non-hydrogen) atoms. The molecule has 0 aliphatic carbocycles. The summed E-state index contributed by atoms with van der Waals surface area (Å²) in [6.45, 7) is 1.53. The van der Waals surface area contributed by atoms with Gasteiger partial charge in [0.15, 0.2) is 5.78 Å². The molecular formula is C20H20N2O4.